The Bertz CT molecular complexity index is 567. The maximum absolute atomic E-state index is 5.25. The SMILES string of the molecule is C[CH]CN1CC(c2ccccc2)[C@@H](N(CC)Cc2ccoc2)C1. The molecule has 2 atom stereocenters. The van der Waals surface area contributed by atoms with Crippen LogP contribution in [0.4, 0.5) is 0 Å². The van der Waals surface area contributed by atoms with Crippen molar-refractivity contribution in [1.29, 1.82) is 0 Å². The molecule has 23 heavy (non-hydrogen) atoms. The van der Waals surface area contributed by atoms with Gasteiger partial charge in [0.25, 0.3) is 0 Å². The van der Waals surface area contributed by atoms with Crippen molar-refractivity contribution in [2.75, 3.05) is 26.2 Å². The fraction of sp³-hybridized carbons (Fsp3) is 0.450. The molecule has 0 spiro atoms. The third-order valence-electron chi connectivity index (χ3n) is 4.87. The minimum Gasteiger partial charge on any atom is -0.472 e. The molecule has 123 valence electrons. The Morgan fingerprint density at radius 1 is 1.22 bits per heavy atom. The van der Waals surface area contributed by atoms with E-state index in [1.165, 1.54) is 11.1 Å². The second-order valence-corrected chi connectivity index (χ2v) is 6.41. The van der Waals surface area contributed by atoms with E-state index in [4.69, 9.17) is 4.42 Å². The van der Waals surface area contributed by atoms with Crippen LogP contribution in [0.3, 0.4) is 0 Å². The summed E-state index contributed by atoms with van der Waals surface area (Å²) in [6.07, 6.45) is 5.90. The molecule has 3 heteroatoms. The fourth-order valence-electron chi connectivity index (χ4n) is 3.75. The van der Waals surface area contributed by atoms with Gasteiger partial charge in [-0.1, -0.05) is 44.2 Å². The predicted molar refractivity (Wildman–Crippen MR) is 94.2 cm³/mol. The first-order chi connectivity index (χ1) is 11.3. The molecule has 1 aromatic carbocycles. The minimum absolute atomic E-state index is 0.553. The van der Waals surface area contributed by atoms with Crippen molar-refractivity contribution in [3.63, 3.8) is 0 Å². The minimum atomic E-state index is 0.553. The molecule has 0 bridgehead atoms. The zero-order chi connectivity index (χ0) is 16.1. The van der Waals surface area contributed by atoms with Crippen LogP contribution in [-0.2, 0) is 6.54 Å². The van der Waals surface area contributed by atoms with Crippen LogP contribution in [0.25, 0.3) is 0 Å². The molecule has 1 aromatic heterocycles. The smallest absolute Gasteiger partial charge is 0.0947 e. The Hall–Kier alpha value is -1.58. The van der Waals surface area contributed by atoms with Crippen LogP contribution in [0.5, 0.6) is 0 Å². The van der Waals surface area contributed by atoms with Gasteiger partial charge in [-0.25, -0.2) is 0 Å². The highest BCUT2D eigenvalue weighted by molar-refractivity contribution is 5.24. The van der Waals surface area contributed by atoms with Crippen LogP contribution in [0.1, 0.15) is 30.9 Å². The van der Waals surface area contributed by atoms with Crippen molar-refractivity contribution in [1.82, 2.24) is 9.80 Å². The van der Waals surface area contributed by atoms with Gasteiger partial charge in [0.15, 0.2) is 0 Å². The van der Waals surface area contributed by atoms with E-state index in [0.717, 1.165) is 32.7 Å². The molecule has 3 nitrogen and oxygen atoms in total. The molecule has 0 saturated carbocycles. The van der Waals surface area contributed by atoms with E-state index in [2.05, 4.69) is 66.5 Å². The summed E-state index contributed by atoms with van der Waals surface area (Å²) in [5.41, 5.74) is 2.72. The van der Waals surface area contributed by atoms with Gasteiger partial charge in [0.1, 0.15) is 0 Å². The summed E-state index contributed by atoms with van der Waals surface area (Å²) >= 11 is 0. The molecule has 0 aliphatic carbocycles. The van der Waals surface area contributed by atoms with E-state index in [-0.39, 0.29) is 0 Å². The molecule has 0 amide bonds. The van der Waals surface area contributed by atoms with E-state index < -0.39 is 0 Å². The Morgan fingerprint density at radius 3 is 2.70 bits per heavy atom. The molecule has 0 N–H and O–H groups in total. The molecule has 1 fully saturated rings. The average Bonchev–Trinajstić information content (AvgIpc) is 3.23. The molecule has 1 unspecified atom stereocenters. The Kier molecular flexibility index (Phi) is 5.52. The number of rotatable bonds is 7. The number of hydrogen-bond acceptors (Lipinski definition) is 3. The molecule has 3 rings (SSSR count). The van der Waals surface area contributed by atoms with Gasteiger partial charge in [-0.05, 0) is 24.6 Å². The first kappa shape index (κ1) is 16.3. The third-order valence-corrected chi connectivity index (χ3v) is 4.87. The normalized spacial score (nSPS) is 22.0. The number of likely N-dealkylation sites (tertiary alicyclic amines) is 1. The van der Waals surface area contributed by atoms with Crippen molar-refractivity contribution in [2.24, 2.45) is 0 Å². The van der Waals surface area contributed by atoms with E-state index in [0.29, 0.717) is 12.0 Å². The Balaban J connectivity index is 1.80. The number of nitrogens with zero attached hydrogens (tertiary/aromatic N) is 2. The lowest BCUT2D eigenvalue weighted by Crippen LogP contribution is -2.39. The summed E-state index contributed by atoms with van der Waals surface area (Å²) in [5, 5.41) is 0. The van der Waals surface area contributed by atoms with Crippen molar-refractivity contribution >= 4 is 0 Å². The van der Waals surface area contributed by atoms with Crippen LogP contribution in [0.15, 0.2) is 53.3 Å². The second-order valence-electron chi connectivity index (χ2n) is 6.41. The van der Waals surface area contributed by atoms with Crippen LogP contribution in [-0.4, -0.2) is 42.0 Å². The lowest BCUT2D eigenvalue weighted by atomic mass is 9.93. The van der Waals surface area contributed by atoms with Gasteiger partial charge in [0.05, 0.1) is 12.5 Å². The quantitative estimate of drug-likeness (QED) is 0.775. The number of benzene rings is 1. The zero-order valence-electron chi connectivity index (χ0n) is 14.2. The van der Waals surface area contributed by atoms with Gasteiger partial charge in [-0.2, -0.15) is 0 Å². The molecule has 1 aliphatic rings. The fourth-order valence-corrected chi connectivity index (χ4v) is 3.75. The first-order valence-corrected chi connectivity index (χ1v) is 8.62. The van der Waals surface area contributed by atoms with E-state index in [1.807, 2.05) is 6.26 Å². The number of furan rings is 1. The molecule has 1 saturated heterocycles. The van der Waals surface area contributed by atoms with Crippen LogP contribution < -0.4 is 0 Å². The van der Waals surface area contributed by atoms with Gasteiger partial charge in [0.2, 0.25) is 0 Å². The zero-order valence-corrected chi connectivity index (χ0v) is 14.2. The molecular weight excluding hydrogens is 284 g/mol. The van der Waals surface area contributed by atoms with Crippen molar-refractivity contribution in [2.45, 2.75) is 32.4 Å². The molecule has 2 aromatic rings. The van der Waals surface area contributed by atoms with Crippen molar-refractivity contribution in [3.8, 4) is 0 Å². The second kappa shape index (κ2) is 7.80. The van der Waals surface area contributed by atoms with Crippen LogP contribution in [0.2, 0.25) is 0 Å². The molecule has 1 aliphatic heterocycles. The highest BCUT2D eigenvalue weighted by Gasteiger charge is 2.36. The van der Waals surface area contributed by atoms with E-state index >= 15 is 0 Å². The number of likely N-dealkylation sites (N-methyl/N-ethyl adjacent to an activating group) is 1. The lowest BCUT2D eigenvalue weighted by molar-refractivity contribution is 0.185. The summed E-state index contributed by atoms with van der Waals surface area (Å²) in [6, 6.07) is 13.6. The lowest BCUT2D eigenvalue weighted by Gasteiger charge is -2.31. The van der Waals surface area contributed by atoms with E-state index in [1.54, 1.807) is 6.26 Å². The molecular formula is C20H27N2O. The molecule has 2 heterocycles. The van der Waals surface area contributed by atoms with Crippen LogP contribution >= 0.6 is 0 Å². The largest absolute Gasteiger partial charge is 0.472 e. The summed E-state index contributed by atoms with van der Waals surface area (Å²) in [7, 11) is 0. The maximum atomic E-state index is 5.25. The third kappa shape index (κ3) is 3.85. The summed E-state index contributed by atoms with van der Waals surface area (Å²) in [6.45, 7) is 9.78. The Morgan fingerprint density at radius 2 is 2.04 bits per heavy atom. The topological polar surface area (TPSA) is 19.6 Å². The maximum Gasteiger partial charge on any atom is 0.0947 e. The highest BCUT2D eigenvalue weighted by Crippen LogP contribution is 2.32. The monoisotopic (exact) mass is 311 g/mol. The van der Waals surface area contributed by atoms with Gasteiger partial charge in [0, 0.05) is 43.7 Å². The van der Waals surface area contributed by atoms with Crippen molar-refractivity contribution < 1.29 is 4.42 Å². The first-order valence-electron chi connectivity index (χ1n) is 8.62. The standard InChI is InChI=1S/C20H27N2O/c1-3-11-21-14-19(18-8-6-5-7-9-18)20(15-21)22(4-2)13-17-10-12-23-16-17/h3,5-10,12,16,19-20H,4,11,13-15H2,1-2H3/t19?,20-/m0/s1. The van der Waals surface area contributed by atoms with E-state index in [9.17, 15) is 0 Å². The Labute approximate surface area is 139 Å². The van der Waals surface area contributed by atoms with Gasteiger partial charge in [-0.15, -0.1) is 0 Å². The summed E-state index contributed by atoms with van der Waals surface area (Å²) in [5.74, 6) is 0.572. The summed E-state index contributed by atoms with van der Waals surface area (Å²) in [4.78, 5) is 5.17. The highest BCUT2D eigenvalue weighted by atomic mass is 16.3. The van der Waals surface area contributed by atoms with Gasteiger partial charge in [-0.3, -0.25) is 4.90 Å². The van der Waals surface area contributed by atoms with Crippen LogP contribution in [0, 0.1) is 6.42 Å². The average molecular weight is 311 g/mol. The van der Waals surface area contributed by atoms with Crippen molar-refractivity contribution in [3.05, 3.63) is 66.5 Å². The summed E-state index contributed by atoms with van der Waals surface area (Å²) < 4.78 is 5.25. The molecule has 1 radical (unpaired) electrons. The predicted octanol–water partition coefficient (Wildman–Crippen LogP) is 3.79. The van der Waals surface area contributed by atoms with Gasteiger partial charge >= 0.3 is 0 Å². The van der Waals surface area contributed by atoms with Gasteiger partial charge < -0.3 is 9.32 Å². The number of hydrogen-bond donors (Lipinski definition) is 0.